The van der Waals surface area contributed by atoms with E-state index in [1.807, 2.05) is 0 Å². The van der Waals surface area contributed by atoms with E-state index in [0.717, 1.165) is 29.7 Å². The summed E-state index contributed by atoms with van der Waals surface area (Å²) < 4.78 is 39.2. The highest BCUT2D eigenvalue weighted by atomic mass is 35.5. The van der Waals surface area contributed by atoms with Gasteiger partial charge in [0.25, 0.3) is 11.8 Å². The molecule has 2 heterocycles. The quantitative estimate of drug-likeness (QED) is 0.125. The summed E-state index contributed by atoms with van der Waals surface area (Å²) >= 11 is 11.3. The molecule has 0 saturated heterocycles. The molecular formula is C24H18ClF3N6O2S2. The van der Waals surface area contributed by atoms with Crippen LogP contribution in [0.15, 0.2) is 59.3 Å². The number of thiophene rings is 1. The van der Waals surface area contributed by atoms with Gasteiger partial charge >= 0.3 is 6.18 Å². The van der Waals surface area contributed by atoms with Crippen molar-refractivity contribution in [3.63, 3.8) is 0 Å². The van der Waals surface area contributed by atoms with Gasteiger partial charge in [0.05, 0.1) is 27.6 Å². The molecule has 0 saturated carbocycles. The Kier molecular flexibility index (Phi) is 8.19. The number of hydrogen-bond acceptors (Lipinski definition) is 7. The van der Waals surface area contributed by atoms with Gasteiger partial charge < -0.3 is 5.32 Å². The number of carbonyl (C=O) groups excluding carboxylic acids is 2. The van der Waals surface area contributed by atoms with Crippen molar-refractivity contribution in [3.8, 4) is 0 Å². The van der Waals surface area contributed by atoms with Crippen LogP contribution in [0.3, 0.4) is 0 Å². The topological polar surface area (TPSA) is 112 Å². The number of amides is 2. The molecule has 1 unspecified atom stereocenters. The molecule has 4 aromatic rings. The predicted molar refractivity (Wildman–Crippen MR) is 142 cm³/mol. The number of hydrazone groups is 1. The zero-order valence-electron chi connectivity index (χ0n) is 19.4. The lowest BCUT2D eigenvalue weighted by atomic mass is 10.1. The van der Waals surface area contributed by atoms with Gasteiger partial charge in [0.2, 0.25) is 0 Å². The number of aromatic nitrogens is 3. The van der Waals surface area contributed by atoms with Crippen LogP contribution in [0.1, 0.15) is 54.0 Å². The van der Waals surface area contributed by atoms with Crippen molar-refractivity contribution >= 4 is 58.6 Å². The summed E-state index contributed by atoms with van der Waals surface area (Å²) in [6.45, 7) is 1.68. The van der Waals surface area contributed by atoms with Gasteiger partial charge in [-0.05, 0) is 53.3 Å². The molecule has 14 heteroatoms. The molecule has 2 aromatic heterocycles. The van der Waals surface area contributed by atoms with Crippen LogP contribution in [0.2, 0.25) is 5.02 Å². The number of benzene rings is 2. The third-order valence-corrected chi connectivity index (χ3v) is 7.12. The molecule has 0 bridgehead atoms. The summed E-state index contributed by atoms with van der Waals surface area (Å²) in [5.74, 6) is -0.649. The van der Waals surface area contributed by atoms with Gasteiger partial charge in [-0.25, -0.2) is 10.4 Å². The summed E-state index contributed by atoms with van der Waals surface area (Å²) in [7, 11) is 0. The van der Waals surface area contributed by atoms with Crippen LogP contribution in [0.25, 0.3) is 0 Å². The Hall–Kier alpha value is -3.68. The van der Waals surface area contributed by atoms with E-state index >= 15 is 0 Å². The largest absolute Gasteiger partial charge is 0.417 e. The van der Waals surface area contributed by atoms with E-state index in [1.54, 1.807) is 36.6 Å². The molecule has 2 amide bonds. The second kappa shape index (κ2) is 11.4. The number of rotatable bonds is 7. The molecule has 1 atom stereocenters. The minimum absolute atomic E-state index is 0.0880. The van der Waals surface area contributed by atoms with Crippen molar-refractivity contribution in [2.45, 2.75) is 18.3 Å². The fourth-order valence-electron chi connectivity index (χ4n) is 3.41. The van der Waals surface area contributed by atoms with Crippen molar-refractivity contribution in [1.82, 2.24) is 20.6 Å². The smallest absolute Gasteiger partial charge is 0.313 e. The van der Waals surface area contributed by atoms with Crippen LogP contribution in [-0.2, 0) is 6.18 Å². The third kappa shape index (κ3) is 6.23. The summed E-state index contributed by atoms with van der Waals surface area (Å²) in [5.41, 5.74) is 3.15. The molecule has 8 nitrogen and oxygen atoms in total. The van der Waals surface area contributed by atoms with E-state index < -0.39 is 33.8 Å². The molecule has 0 radical (unpaired) electrons. The van der Waals surface area contributed by atoms with Crippen LogP contribution in [0.4, 0.5) is 18.2 Å². The molecule has 0 aliphatic heterocycles. The first-order chi connectivity index (χ1) is 18.0. The second-order valence-electron chi connectivity index (χ2n) is 7.90. The van der Waals surface area contributed by atoms with Gasteiger partial charge in [0.1, 0.15) is 11.3 Å². The van der Waals surface area contributed by atoms with Crippen LogP contribution in [-0.4, -0.2) is 33.2 Å². The van der Waals surface area contributed by atoms with E-state index in [2.05, 4.69) is 43.7 Å². The van der Waals surface area contributed by atoms with Crippen molar-refractivity contribution < 1.29 is 22.8 Å². The minimum atomic E-state index is -4.63. The minimum Gasteiger partial charge on any atom is -0.313 e. The van der Waals surface area contributed by atoms with Crippen LogP contribution >= 0.6 is 35.6 Å². The van der Waals surface area contributed by atoms with Crippen LogP contribution in [0.5, 0.6) is 0 Å². The molecule has 0 aliphatic carbocycles. The fourth-order valence-corrected chi connectivity index (χ4v) is 4.85. The number of aryl methyl sites for hydroxylation is 1. The number of anilines is 1. The normalized spacial score (nSPS) is 12.5. The first-order valence-electron chi connectivity index (χ1n) is 10.8. The van der Waals surface area contributed by atoms with Gasteiger partial charge in [-0.3, -0.25) is 14.7 Å². The molecule has 3 N–H and O–H groups in total. The number of hydrogen-bond donors (Lipinski definition) is 4. The third-order valence-electron chi connectivity index (χ3n) is 5.25. The Balaban J connectivity index is 1.47. The molecule has 196 valence electrons. The zero-order chi connectivity index (χ0) is 27.4. The standard InChI is InChI=1S/C24H18ClF3N6O2S2/c1-12-10-38-23(32-21(35)15-4-2-3-14(8-15)19(37)20-29-11-31-33-20)18(12)22(36)34-30-9-13-5-6-17(25)16(7-13)24(26,27)28/h2-11,19,37H,1H3,(H,32,35)(H,34,36)(H,29,31,33)/b30-9-. The Morgan fingerprint density at radius 1 is 1.21 bits per heavy atom. The first kappa shape index (κ1) is 27.4. The van der Waals surface area contributed by atoms with E-state index in [4.69, 9.17) is 11.6 Å². The maximum absolute atomic E-state index is 13.1. The first-order valence-corrected chi connectivity index (χ1v) is 12.5. The van der Waals surface area contributed by atoms with E-state index in [-0.39, 0.29) is 16.1 Å². The molecule has 38 heavy (non-hydrogen) atoms. The number of carbonyl (C=O) groups is 2. The van der Waals surface area contributed by atoms with Gasteiger partial charge in [0, 0.05) is 5.56 Å². The monoisotopic (exact) mass is 578 g/mol. The Labute approximate surface area is 228 Å². The SMILES string of the molecule is Cc1csc(NC(=O)c2cccc(C(S)c3nc[nH]n3)c2)c1C(=O)N/N=C\c1ccc(Cl)c(C(F)(F)F)c1. The maximum atomic E-state index is 13.1. The molecular weight excluding hydrogens is 561 g/mol. The summed E-state index contributed by atoms with van der Waals surface area (Å²) in [6, 6.07) is 10.0. The summed E-state index contributed by atoms with van der Waals surface area (Å²) in [5, 5.41) is 14.2. The van der Waals surface area contributed by atoms with Crippen molar-refractivity contribution in [3.05, 3.63) is 98.4 Å². The lowest BCUT2D eigenvalue weighted by Gasteiger charge is -2.10. The van der Waals surface area contributed by atoms with Gasteiger partial charge in [-0.15, -0.1) is 11.3 Å². The molecule has 0 fully saturated rings. The highest BCUT2D eigenvalue weighted by Gasteiger charge is 2.33. The zero-order valence-corrected chi connectivity index (χ0v) is 21.8. The van der Waals surface area contributed by atoms with Crippen LogP contribution < -0.4 is 10.7 Å². The highest BCUT2D eigenvalue weighted by Crippen LogP contribution is 2.35. The average Bonchev–Trinajstić information content (AvgIpc) is 3.54. The fraction of sp³-hybridized carbons (Fsp3) is 0.125. The Morgan fingerprint density at radius 2 is 2.00 bits per heavy atom. The highest BCUT2D eigenvalue weighted by molar-refractivity contribution is 7.80. The van der Waals surface area contributed by atoms with E-state index in [1.165, 1.54) is 12.4 Å². The van der Waals surface area contributed by atoms with Gasteiger partial charge in [0.15, 0.2) is 5.82 Å². The van der Waals surface area contributed by atoms with E-state index in [9.17, 15) is 22.8 Å². The van der Waals surface area contributed by atoms with Gasteiger partial charge in [-0.1, -0.05) is 29.8 Å². The number of thiol groups is 1. The lowest BCUT2D eigenvalue weighted by Crippen LogP contribution is -2.21. The number of nitrogens with zero attached hydrogens (tertiary/aromatic N) is 3. The number of alkyl halides is 3. The number of H-pyrrole nitrogens is 1. The van der Waals surface area contributed by atoms with Crippen LogP contribution in [0, 0.1) is 6.92 Å². The van der Waals surface area contributed by atoms with Gasteiger partial charge in [-0.2, -0.15) is 36.0 Å². The summed E-state index contributed by atoms with van der Waals surface area (Å²) in [6.07, 6.45) is -2.13. The number of aromatic amines is 1. The maximum Gasteiger partial charge on any atom is 0.417 e. The lowest BCUT2D eigenvalue weighted by molar-refractivity contribution is -0.137. The predicted octanol–water partition coefficient (Wildman–Crippen LogP) is 5.88. The van der Waals surface area contributed by atoms with Crippen molar-refractivity contribution in [1.29, 1.82) is 0 Å². The Bertz CT molecular complexity index is 1510. The molecule has 0 aliphatic rings. The summed E-state index contributed by atoms with van der Waals surface area (Å²) in [4.78, 5) is 29.9. The number of halogens is 4. The van der Waals surface area contributed by atoms with Crippen molar-refractivity contribution in [2.24, 2.45) is 5.10 Å². The molecule has 0 spiro atoms. The Morgan fingerprint density at radius 3 is 2.71 bits per heavy atom. The van der Waals surface area contributed by atoms with E-state index in [0.29, 0.717) is 22.5 Å². The molecule has 4 rings (SSSR count). The van der Waals surface area contributed by atoms with Crippen molar-refractivity contribution in [2.75, 3.05) is 5.32 Å². The molecule has 2 aromatic carbocycles. The second-order valence-corrected chi connectivity index (χ2v) is 9.70. The number of nitrogens with one attached hydrogen (secondary N) is 3. The average molecular weight is 579 g/mol.